The van der Waals surface area contributed by atoms with Gasteiger partial charge in [-0.3, -0.25) is 0 Å². The third kappa shape index (κ3) is 12.2. The molecule has 1 nitrogen and oxygen atoms in total. The van der Waals surface area contributed by atoms with E-state index in [1.54, 1.807) is 0 Å². The summed E-state index contributed by atoms with van der Waals surface area (Å²) in [5.74, 6) is 0. The quantitative estimate of drug-likeness (QED) is 0.349. The first-order chi connectivity index (χ1) is 6.95. The van der Waals surface area contributed by atoms with Gasteiger partial charge in [0.15, 0.2) is 0 Å². The highest BCUT2D eigenvalue weighted by Gasteiger charge is 2.13. The lowest BCUT2D eigenvalue weighted by molar-refractivity contribution is -0.869. The maximum atomic E-state index is 4.65. The Bertz CT molecular complexity index is 140. The van der Waals surface area contributed by atoms with Crippen molar-refractivity contribution in [2.75, 3.05) is 27.7 Å². The van der Waals surface area contributed by atoms with Gasteiger partial charge < -0.3 is 4.48 Å². The van der Waals surface area contributed by atoms with Crippen LogP contribution >= 0.6 is 12.6 Å². The Morgan fingerprint density at radius 3 is 2.00 bits per heavy atom. The van der Waals surface area contributed by atoms with Gasteiger partial charge in [0.1, 0.15) is 0 Å². The van der Waals surface area contributed by atoms with Gasteiger partial charge in [-0.25, -0.2) is 0 Å². The molecule has 0 aliphatic heterocycles. The van der Waals surface area contributed by atoms with Crippen molar-refractivity contribution >= 4 is 12.6 Å². The number of rotatable bonds is 9. The summed E-state index contributed by atoms with van der Waals surface area (Å²) in [6.07, 6.45) is 9.62. The van der Waals surface area contributed by atoms with Crippen LogP contribution in [-0.2, 0) is 0 Å². The fourth-order valence-electron chi connectivity index (χ4n) is 1.88. The number of hydrogen-bond acceptors (Lipinski definition) is 1. The molecule has 0 aliphatic carbocycles. The van der Waals surface area contributed by atoms with E-state index in [1.807, 2.05) is 0 Å². The summed E-state index contributed by atoms with van der Waals surface area (Å²) in [5, 5.41) is 0.580. The summed E-state index contributed by atoms with van der Waals surface area (Å²) in [6.45, 7) is 3.45. The first kappa shape index (κ1) is 15.3. The van der Waals surface area contributed by atoms with Crippen molar-refractivity contribution in [3.8, 4) is 0 Å². The summed E-state index contributed by atoms with van der Waals surface area (Å²) in [4.78, 5) is 0. The third-order valence-electron chi connectivity index (χ3n) is 2.65. The summed E-state index contributed by atoms with van der Waals surface area (Å²) in [6, 6.07) is 0. The molecule has 2 heteroatoms. The van der Waals surface area contributed by atoms with Crippen LogP contribution < -0.4 is 0 Å². The van der Waals surface area contributed by atoms with Gasteiger partial charge in [0.05, 0.1) is 32.9 Å². The lowest BCUT2D eigenvalue weighted by Crippen LogP contribution is -2.39. The van der Waals surface area contributed by atoms with Crippen molar-refractivity contribution in [1.82, 2.24) is 0 Å². The second kappa shape index (κ2) is 8.46. The third-order valence-corrected chi connectivity index (χ3v) is 3.07. The first-order valence-electron chi connectivity index (χ1n) is 6.44. The minimum atomic E-state index is 0.580. The summed E-state index contributed by atoms with van der Waals surface area (Å²) < 4.78 is 1.03. The van der Waals surface area contributed by atoms with E-state index in [2.05, 4.69) is 40.7 Å². The maximum Gasteiger partial charge on any atom is 0.0898 e. The lowest BCUT2D eigenvalue weighted by Gasteiger charge is -2.27. The van der Waals surface area contributed by atoms with Crippen LogP contribution in [0.5, 0.6) is 0 Å². The molecule has 15 heavy (non-hydrogen) atoms. The minimum Gasteiger partial charge on any atom is -0.330 e. The Balaban J connectivity index is 3.28. The van der Waals surface area contributed by atoms with Crippen molar-refractivity contribution in [1.29, 1.82) is 0 Å². The van der Waals surface area contributed by atoms with Crippen molar-refractivity contribution in [3.63, 3.8) is 0 Å². The zero-order chi connectivity index (χ0) is 11.7. The Kier molecular flexibility index (Phi) is 8.64. The van der Waals surface area contributed by atoms with Crippen LogP contribution in [0.15, 0.2) is 0 Å². The molecule has 0 amide bonds. The molecule has 0 aromatic rings. The number of nitrogens with zero attached hydrogens (tertiary/aromatic N) is 1. The van der Waals surface area contributed by atoms with E-state index in [-0.39, 0.29) is 0 Å². The fraction of sp³-hybridized carbons (Fsp3) is 1.00. The summed E-state index contributed by atoms with van der Waals surface area (Å²) >= 11 is 4.65. The van der Waals surface area contributed by atoms with E-state index in [0.717, 1.165) is 4.48 Å². The van der Waals surface area contributed by atoms with E-state index >= 15 is 0 Å². The zero-order valence-corrected chi connectivity index (χ0v) is 12.0. The molecule has 0 fully saturated rings. The highest BCUT2D eigenvalue weighted by molar-refractivity contribution is 7.81. The average Bonchev–Trinajstić information content (AvgIpc) is 2.08. The Morgan fingerprint density at radius 2 is 1.47 bits per heavy atom. The predicted octanol–water partition coefficient (Wildman–Crippen LogP) is 3.74. The van der Waals surface area contributed by atoms with Crippen LogP contribution in [0.1, 0.15) is 51.9 Å². The molecule has 0 aliphatic rings. The molecule has 0 bridgehead atoms. The zero-order valence-electron chi connectivity index (χ0n) is 11.1. The van der Waals surface area contributed by atoms with Gasteiger partial charge in [-0.05, 0) is 6.42 Å². The molecule has 92 valence electrons. The van der Waals surface area contributed by atoms with Gasteiger partial charge >= 0.3 is 0 Å². The monoisotopic (exact) mass is 232 g/mol. The standard InChI is InChI=1S/C13H29NS/c1-5-6-7-8-9-10-11-13(15)12-14(2,3)4/h13H,5-12H2,1-4H3/p+1. The van der Waals surface area contributed by atoms with Crippen LogP contribution in [0.25, 0.3) is 0 Å². The SMILES string of the molecule is CCCCCCCCC(S)C[N+](C)(C)C. The summed E-state index contributed by atoms with van der Waals surface area (Å²) in [7, 11) is 6.72. The van der Waals surface area contributed by atoms with Crippen LogP contribution in [0.2, 0.25) is 0 Å². The number of quaternary nitrogens is 1. The van der Waals surface area contributed by atoms with Gasteiger partial charge in [0, 0.05) is 0 Å². The normalized spacial score (nSPS) is 14.2. The lowest BCUT2D eigenvalue weighted by atomic mass is 10.1. The largest absolute Gasteiger partial charge is 0.330 e. The van der Waals surface area contributed by atoms with Gasteiger partial charge in [0.25, 0.3) is 0 Å². The minimum absolute atomic E-state index is 0.580. The Labute approximate surface area is 102 Å². The first-order valence-corrected chi connectivity index (χ1v) is 6.96. The molecule has 0 N–H and O–H groups in total. The number of unbranched alkanes of at least 4 members (excludes halogenated alkanes) is 5. The summed E-state index contributed by atoms with van der Waals surface area (Å²) in [5.41, 5.74) is 0. The molecule has 0 aromatic heterocycles. The van der Waals surface area contributed by atoms with Gasteiger partial charge in [-0.1, -0.05) is 45.4 Å². The van der Waals surface area contributed by atoms with Gasteiger partial charge in [-0.2, -0.15) is 12.6 Å². The molecule has 0 saturated carbocycles. The topological polar surface area (TPSA) is 0 Å². The van der Waals surface area contributed by atoms with Gasteiger partial charge in [-0.15, -0.1) is 0 Å². The van der Waals surface area contributed by atoms with E-state index in [4.69, 9.17) is 0 Å². The molecular formula is C13H30NS+. The molecular weight excluding hydrogens is 202 g/mol. The fourth-order valence-corrected chi connectivity index (χ4v) is 2.56. The molecule has 0 saturated heterocycles. The highest BCUT2D eigenvalue weighted by atomic mass is 32.1. The molecule has 1 unspecified atom stereocenters. The van der Waals surface area contributed by atoms with Crippen LogP contribution in [0.4, 0.5) is 0 Å². The second-order valence-electron chi connectivity index (χ2n) is 5.68. The number of hydrogen-bond donors (Lipinski definition) is 1. The Morgan fingerprint density at radius 1 is 0.933 bits per heavy atom. The van der Waals surface area contributed by atoms with E-state index in [0.29, 0.717) is 5.25 Å². The van der Waals surface area contributed by atoms with Crippen molar-refractivity contribution < 1.29 is 4.48 Å². The van der Waals surface area contributed by atoms with E-state index < -0.39 is 0 Å². The molecule has 1 atom stereocenters. The number of thiol groups is 1. The maximum absolute atomic E-state index is 4.65. The van der Waals surface area contributed by atoms with Crippen LogP contribution in [0, 0.1) is 0 Å². The molecule has 0 spiro atoms. The van der Waals surface area contributed by atoms with Crippen LogP contribution in [0.3, 0.4) is 0 Å². The molecule has 0 heterocycles. The van der Waals surface area contributed by atoms with Crippen molar-refractivity contribution in [2.24, 2.45) is 0 Å². The Hall–Kier alpha value is 0.310. The van der Waals surface area contributed by atoms with E-state index in [1.165, 1.54) is 51.5 Å². The van der Waals surface area contributed by atoms with E-state index in [9.17, 15) is 0 Å². The second-order valence-corrected chi connectivity index (χ2v) is 6.41. The molecule has 0 rings (SSSR count). The highest BCUT2D eigenvalue weighted by Crippen LogP contribution is 2.13. The predicted molar refractivity (Wildman–Crippen MR) is 73.7 cm³/mol. The van der Waals surface area contributed by atoms with Crippen LogP contribution in [-0.4, -0.2) is 37.4 Å². The van der Waals surface area contributed by atoms with Crippen molar-refractivity contribution in [3.05, 3.63) is 0 Å². The molecule has 0 aromatic carbocycles. The van der Waals surface area contributed by atoms with Gasteiger partial charge in [0.2, 0.25) is 0 Å². The smallest absolute Gasteiger partial charge is 0.0898 e. The molecule has 0 radical (unpaired) electrons. The van der Waals surface area contributed by atoms with Crippen molar-refractivity contribution in [2.45, 2.75) is 57.1 Å². The average molecular weight is 232 g/mol.